The van der Waals surface area contributed by atoms with Gasteiger partial charge in [-0.2, -0.15) is 0 Å². The van der Waals surface area contributed by atoms with Crippen LogP contribution < -0.4 is 5.73 Å². The molecule has 0 fully saturated rings. The Morgan fingerprint density at radius 1 is 1.35 bits per heavy atom. The summed E-state index contributed by atoms with van der Waals surface area (Å²) in [5.41, 5.74) is 6.71. The predicted molar refractivity (Wildman–Crippen MR) is 66.3 cm³/mol. The van der Waals surface area contributed by atoms with Crippen molar-refractivity contribution in [1.29, 1.82) is 0 Å². The molecule has 0 spiro atoms. The second kappa shape index (κ2) is 4.85. The van der Waals surface area contributed by atoms with Crippen LogP contribution in [-0.4, -0.2) is 25.5 Å². The number of halogens is 1. The molecule has 92 valence electrons. The molecule has 0 aliphatic rings. The Bertz CT molecular complexity index is 507. The number of furan rings is 1. The van der Waals surface area contributed by atoms with Crippen molar-refractivity contribution in [2.45, 2.75) is 12.5 Å². The molecule has 17 heavy (non-hydrogen) atoms. The highest BCUT2D eigenvalue weighted by Crippen LogP contribution is 2.25. The van der Waals surface area contributed by atoms with E-state index in [2.05, 4.69) is 4.90 Å². The lowest BCUT2D eigenvalue weighted by atomic mass is 10.1. The summed E-state index contributed by atoms with van der Waals surface area (Å²) in [5, 5.41) is 0.764. The first kappa shape index (κ1) is 12.1. The van der Waals surface area contributed by atoms with Gasteiger partial charge in [0.1, 0.15) is 17.2 Å². The molecule has 0 saturated heterocycles. The van der Waals surface area contributed by atoms with Crippen LogP contribution >= 0.6 is 0 Å². The number of rotatable bonds is 4. The van der Waals surface area contributed by atoms with Crippen LogP contribution in [-0.2, 0) is 0 Å². The Morgan fingerprint density at radius 2 is 2.12 bits per heavy atom. The second-order valence-corrected chi connectivity index (χ2v) is 4.53. The average molecular weight is 236 g/mol. The van der Waals surface area contributed by atoms with Gasteiger partial charge in [-0.15, -0.1) is 0 Å². The number of nitrogens with zero attached hydrogens (tertiary/aromatic N) is 1. The Balaban J connectivity index is 2.18. The summed E-state index contributed by atoms with van der Waals surface area (Å²) in [7, 11) is 4.00. The quantitative estimate of drug-likeness (QED) is 0.887. The van der Waals surface area contributed by atoms with Crippen molar-refractivity contribution in [2.75, 3.05) is 20.6 Å². The molecule has 0 amide bonds. The number of hydrogen-bond donors (Lipinski definition) is 1. The maximum absolute atomic E-state index is 13.0. The highest BCUT2D eigenvalue weighted by molar-refractivity contribution is 5.77. The normalized spacial score (nSPS) is 13.5. The van der Waals surface area contributed by atoms with E-state index in [-0.39, 0.29) is 11.9 Å². The van der Waals surface area contributed by atoms with Gasteiger partial charge in [-0.25, -0.2) is 4.39 Å². The van der Waals surface area contributed by atoms with Crippen LogP contribution in [0.4, 0.5) is 4.39 Å². The van der Waals surface area contributed by atoms with Crippen LogP contribution in [0.25, 0.3) is 11.0 Å². The Labute approximate surface area is 100.0 Å². The van der Waals surface area contributed by atoms with E-state index in [1.54, 1.807) is 6.07 Å². The number of nitrogens with two attached hydrogens (primary N) is 1. The zero-order valence-corrected chi connectivity index (χ0v) is 10.1. The highest BCUT2D eigenvalue weighted by Gasteiger charge is 2.12. The van der Waals surface area contributed by atoms with Gasteiger partial charge in [0.05, 0.1) is 6.04 Å². The molecule has 3 nitrogen and oxygen atoms in total. The monoisotopic (exact) mass is 236 g/mol. The molecule has 0 saturated carbocycles. The highest BCUT2D eigenvalue weighted by atomic mass is 19.1. The fourth-order valence-corrected chi connectivity index (χ4v) is 1.76. The van der Waals surface area contributed by atoms with Gasteiger partial charge in [0.2, 0.25) is 0 Å². The first-order valence-corrected chi connectivity index (χ1v) is 5.65. The first-order valence-electron chi connectivity index (χ1n) is 5.65. The largest absolute Gasteiger partial charge is 0.459 e. The maximum Gasteiger partial charge on any atom is 0.134 e. The van der Waals surface area contributed by atoms with Gasteiger partial charge in [-0.3, -0.25) is 0 Å². The van der Waals surface area contributed by atoms with Crippen LogP contribution in [0, 0.1) is 5.82 Å². The fraction of sp³-hybridized carbons (Fsp3) is 0.385. The van der Waals surface area contributed by atoms with Gasteiger partial charge >= 0.3 is 0 Å². The third-order valence-corrected chi connectivity index (χ3v) is 2.75. The van der Waals surface area contributed by atoms with Gasteiger partial charge in [0.15, 0.2) is 0 Å². The van der Waals surface area contributed by atoms with E-state index >= 15 is 0 Å². The van der Waals surface area contributed by atoms with Crippen molar-refractivity contribution < 1.29 is 8.81 Å². The van der Waals surface area contributed by atoms with Crippen LogP contribution in [0.5, 0.6) is 0 Å². The van der Waals surface area contributed by atoms with Crippen molar-refractivity contribution in [1.82, 2.24) is 4.90 Å². The molecule has 2 rings (SSSR count). The smallest absolute Gasteiger partial charge is 0.134 e. The maximum atomic E-state index is 13.0. The Kier molecular flexibility index (Phi) is 3.45. The molecular weight excluding hydrogens is 219 g/mol. The van der Waals surface area contributed by atoms with E-state index in [0.717, 1.165) is 18.4 Å². The Hall–Kier alpha value is -1.39. The number of fused-ring (bicyclic) bond motifs is 1. The van der Waals surface area contributed by atoms with Crippen molar-refractivity contribution in [3.8, 4) is 0 Å². The molecule has 4 heteroatoms. The van der Waals surface area contributed by atoms with Gasteiger partial charge < -0.3 is 15.1 Å². The molecular formula is C13H17FN2O. The van der Waals surface area contributed by atoms with E-state index in [1.807, 2.05) is 20.2 Å². The second-order valence-electron chi connectivity index (χ2n) is 4.53. The van der Waals surface area contributed by atoms with Crippen LogP contribution in [0.1, 0.15) is 18.2 Å². The summed E-state index contributed by atoms with van der Waals surface area (Å²) in [6.45, 7) is 0.895. The van der Waals surface area contributed by atoms with Gasteiger partial charge in [0, 0.05) is 5.39 Å². The van der Waals surface area contributed by atoms with E-state index in [1.165, 1.54) is 12.1 Å². The van der Waals surface area contributed by atoms with Gasteiger partial charge in [-0.05, 0) is 51.3 Å². The zero-order chi connectivity index (χ0) is 12.4. The van der Waals surface area contributed by atoms with E-state index in [4.69, 9.17) is 10.2 Å². The Morgan fingerprint density at radius 3 is 2.82 bits per heavy atom. The minimum Gasteiger partial charge on any atom is -0.459 e. The first-order chi connectivity index (χ1) is 8.06. The van der Waals surface area contributed by atoms with Crippen molar-refractivity contribution in [2.24, 2.45) is 5.73 Å². The fourth-order valence-electron chi connectivity index (χ4n) is 1.76. The molecule has 0 aliphatic carbocycles. The zero-order valence-electron chi connectivity index (χ0n) is 10.1. The SMILES string of the molecule is CN(C)CCC(N)c1cc2cc(F)ccc2o1. The molecule has 1 aromatic heterocycles. The summed E-state index contributed by atoms with van der Waals surface area (Å²) < 4.78 is 18.6. The average Bonchev–Trinajstić information content (AvgIpc) is 2.68. The third-order valence-electron chi connectivity index (χ3n) is 2.75. The lowest BCUT2D eigenvalue weighted by Crippen LogP contribution is -2.19. The van der Waals surface area contributed by atoms with E-state index < -0.39 is 0 Å². The van der Waals surface area contributed by atoms with Crippen molar-refractivity contribution in [3.05, 3.63) is 35.8 Å². The third kappa shape index (κ3) is 2.84. The minimum atomic E-state index is -0.258. The summed E-state index contributed by atoms with van der Waals surface area (Å²) in [5.74, 6) is 0.458. The summed E-state index contributed by atoms with van der Waals surface area (Å²) >= 11 is 0. The molecule has 1 unspecified atom stereocenters. The summed E-state index contributed by atoms with van der Waals surface area (Å²) in [4.78, 5) is 2.07. The van der Waals surface area contributed by atoms with Crippen molar-refractivity contribution in [3.63, 3.8) is 0 Å². The summed E-state index contributed by atoms with van der Waals surface area (Å²) in [6, 6.07) is 6.15. The van der Waals surface area contributed by atoms with Gasteiger partial charge in [-0.1, -0.05) is 0 Å². The van der Waals surface area contributed by atoms with Crippen LogP contribution in [0.15, 0.2) is 28.7 Å². The molecule has 0 bridgehead atoms. The molecule has 1 heterocycles. The van der Waals surface area contributed by atoms with Crippen LogP contribution in [0.3, 0.4) is 0 Å². The molecule has 2 aromatic rings. The lowest BCUT2D eigenvalue weighted by Gasteiger charge is -2.12. The molecule has 1 atom stereocenters. The molecule has 1 aromatic carbocycles. The number of hydrogen-bond acceptors (Lipinski definition) is 3. The standard InChI is InChI=1S/C13H17FN2O/c1-16(2)6-5-11(15)13-8-9-7-10(14)3-4-12(9)17-13/h3-4,7-8,11H,5-6,15H2,1-2H3. The van der Waals surface area contributed by atoms with Crippen molar-refractivity contribution >= 4 is 11.0 Å². The van der Waals surface area contributed by atoms with Crippen LogP contribution in [0.2, 0.25) is 0 Å². The van der Waals surface area contributed by atoms with Gasteiger partial charge in [0.25, 0.3) is 0 Å². The minimum absolute atomic E-state index is 0.145. The molecule has 2 N–H and O–H groups in total. The molecule has 0 aliphatic heterocycles. The topological polar surface area (TPSA) is 42.4 Å². The lowest BCUT2D eigenvalue weighted by molar-refractivity contribution is 0.366. The number of benzene rings is 1. The molecule has 0 radical (unpaired) electrons. The predicted octanol–water partition coefficient (Wildman–Crippen LogP) is 2.52. The van der Waals surface area contributed by atoms with E-state index in [9.17, 15) is 4.39 Å². The van der Waals surface area contributed by atoms with E-state index in [0.29, 0.717) is 11.3 Å². The summed E-state index contributed by atoms with van der Waals surface area (Å²) in [6.07, 6.45) is 0.815.